The number of benzene rings is 1. The van der Waals surface area contributed by atoms with Crippen molar-refractivity contribution in [1.82, 2.24) is 10.2 Å². The van der Waals surface area contributed by atoms with E-state index < -0.39 is 0 Å². The zero-order chi connectivity index (χ0) is 16.0. The Kier molecular flexibility index (Phi) is 3.63. The zero-order valence-corrected chi connectivity index (χ0v) is 13.6. The number of nitrogens with zero attached hydrogens (tertiary/aromatic N) is 1. The lowest BCUT2D eigenvalue weighted by molar-refractivity contribution is -0.132. The molecule has 3 fully saturated rings. The molecule has 2 aliphatic carbocycles. The highest BCUT2D eigenvalue weighted by Gasteiger charge is 2.44. The van der Waals surface area contributed by atoms with Crippen LogP contribution >= 0.6 is 0 Å². The molecule has 4 nitrogen and oxygen atoms in total. The van der Waals surface area contributed by atoms with Crippen molar-refractivity contribution in [3.63, 3.8) is 0 Å². The van der Waals surface area contributed by atoms with Crippen molar-refractivity contribution in [3.8, 4) is 0 Å². The van der Waals surface area contributed by atoms with Gasteiger partial charge in [-0.1, -0.05) is 24.3 Å². The molecular formula is C19H24N2O2. The lowest BCUT2D eigenvalue weighted by Gasteiger charge is -2.19. The Morgan fingerprint density at radius 3 is 2.48 bits per heavy atom. The maximum Gasteiger partial charge on any atom is 0.225 e. The van der Waals surface area contributed by atoms with Gasteiger partial charge in [-0.25, -0.2) is 0 Å². The summed E-state index contributed by atoms with van der Waals surface area (Å²) in [5, 5.41) is 3.14. The Balaban J connectivity index is 1.58. The van der Waals surface area contributed by atoms with Crippen molar-refractivity contribution in [2.45, 2.75) is 44.6 Å². The van der Waals surface area contributed by atoms with Gasteiger partial charge in [0, 0.05) is 31.0 Å². The number of carbonyl (C=O) groups is 2. The molecule has 2 unspecified atom stereocenters. The molecular weight excluding hydrogens is 288 g/mol. The Bertz CT molecular complexity index is 634. The van der Waals surface area contributed by atoms with E-state index in [1.54, 1.807) is 0 Å². The van der Waals surface area contributed by atoms with Gasteiger partial charge < -0.3 is 10.2 Å². The molecule has 1 saturated heterocycles. The smallest absolute Gasteiger partial charge is 0.225 e. The number of rotatable bonds is 4. The highest BCUT2D eigenvalue weighted by atomic mass is 16.2. The minimum atomic E-state index is -0.112. The topological polar surface area (TPSA) is 49.4 Å². The van der Waals surface area contributed by atoms with Gasteiger partial charge in [0.1, 0.15) is 0 Å². The molecule has 1 aromatic rings. The summed E-state index contributed by atoms with van der Waals surface area (Å²) in [5.74, 6) is 0.618. The lowest BCUT2D eigenvalue weighted by Crippen LogP contribution is -2.37. The number of carbonyl (C=O) groups excluding carboxylic acids is 2. The van der Waals surface area contributed by atoms with E-state index in [1.165, 1.54) is 11.1 Å². The minimum Gasteiger partial charge on any atom is -0.353 e. The SMILES string of the molecule is Cc1ccccc1C1CN(C(=O)C2CC2)CC1C(=O)NC1CC1. The van der Waals surface area contributed by atoms with Crippen LogP contribution in [-0.4, -0.2) is 35.8 Å². The molecule has 0 bridgehead atoms. The maximum absolute atomic E-state index is 12.7. The highest BCUT2D eigenvalue weighted by Crippen LogP contribution is 2.39. The summed E-state index contributed by atoms with van der Waals surface area (Å²) >= 11 is 0. The first kappa shape index (κ1) is 14.7. The van der Waals surface area contributed by atoms with E-state index in [0.717, 1.165) is 25.7 Å². The summed E-state index contributed by atoms with van der Waals surface area (Å²) < 4.78 is 0. The molecule has 1 aliphatic heterocycles. The first-order valence-electron chi connectivity index (χ1n) is 8.78. The van der Waals surface area contributed by atoms with Crippen molar-refractivity contribution in [2.75, 3.05) is 13.1 Å². The fourth-order valence-corrected chi connectivity index (χ4v) is 3.69. The Morgan fingerprint density at radius 2 is 1.83 bits per heavy atom. The molecule has 3 aliphatic rings. The molecule has 1 heterocycles. The van der Waals surface area contributed by atoms with Crippen LogP contribution in [0.2, 0.25) is 0 Å². The number of amides is 2. The second kappa shape index (κ2) is 5.66. The first-order valence-corrected chi connectivity index (χ1v) is 8.78. The van der Waals surface area contributed by atoms with Gasteiger partial charge in [-0.15, -0.1) is 0 Å². The van der Waals surface area contributed by atoms with Gasteiger partial charge in [-0.3, -0.25) is 9.59 Å². The van der Waals surface area contributed by atoms with Crippen LogP contribution in [0.5, 0.6) is 0 Å². The standard InChI is InChI=1S/C19H24N2O2/c1-12-4-2-3-5-15(12)16-10-21(19(23)13-6-7-13)11-17(16)18(22)20-14-8-9-14/h2-5,13-14,16-17H,6-11H2,1H3,(H,20,22). The number of likely N-dealkylation sites (tertiary alicyclic amines) is 1. The molecule has 2 atom stereocenters. The van der Waals surface area contributed by atoms with Gasteiger partial charge >= 0.3 is 0 Å². The van der Waals surface area contributed by atoms with Crippen LogP contribution in [0.25, 0.3) is 0 Å². The van der Waals surface area contributed by atoms with Gasteiger partial charge in [0.25, 0.3) is 0 Å². The van der Waals surface area contributed by atoms with Gasteiger partial charge in [-0.05, 0) is 43.7 Å². The van der Waals surface area contributed by atoms with E-state index in [2.05, 4.69) is 24.4 Å². The van der Waals surface area contributed by atoms with Crippen LogP contribution in [0.4, 0.5) is 0 Å². The average Bonchev–Trinajstić information content (AvgIpc) is 3.46. The predicted octanol–water partition coefficient (Wildman–Crippen LogP) is 2.23. The van der Waals surface area contributed by atoms with Gasteiger partial charge in [-0.2, -0.15) is 0 Å². The van der Waals surface area contributed by atoms with E-state index >= 15 is 0 Å². The minimum absolute atomic E-state index is 0.112. The maximum atomic E-state index is 12.7. The van der Waals surface area contributed by atoms with Gasteiger partial charge in [0.2, 0.25) is 11.8 Å². The number of aryl methyl sites for hydroxylation is 1. The quantitative estimate of drug-likeness (QED) is 0.927. The molecule has 1 aromatic carbocycles. The summed E-state index contributed by atoms with van der Waals surface area (Å²) in [6.07, 6.45) is 4.23. The molecule has 0 spiro atoms. The summed E-state index contributed by atoms with van der Waals surface area (Å²) in [7, 11) is 0. The molecule has 2 saturated carbocycles. The third-order valence-electron chi connectivity index (χ3n) is 5.41. The molecule has 0 radical (unpaired) electrons. The molecule has 2 amide bonds. The second-order valence-corrected chi connectivity index (χ2v) is 7.37. The van der Waals surface area contributed by atoms with Crippen molar-refractivity contribution < 1.29 is 9.59 Å². The van der Waals surface area contributed by atoms with E-state index in [-0.39, 0.29) is 29.6 Å². The number of hydrogen-bond acceptors (Lipinski definition) is 2. The third-order valence-corrected chi connectivity index (χ3v) is 5.41. The van der Waals surface area contributed by atoms with Crippen LogP contribution in [0.15, 0.2) is 24.3 Å². The fraction of sp³-hybridized carbons (Fsp3) is 0.579. The molecule has 4 rings (SSSR count). The number of nitrogens with one attached hydrogen (secondary N) is 1. The Morgan fingerprint density at radius 1 is 1.09 bits per heavy atom. The highest BCUT2D eigenvalue weighted by molar-refractivity contribution is 5.85. The zero-order valence-electron chi connectivity index (χ0n) is 13.6. The first-order chi connectivity index (χ1) is 11.1. The summed E-state index contributed by atoms with van der Waals surface area (Å²) in [6, 6.07) is 8.64. The van der Waals surface area contributed by atoms with Crippen LogP contribution in [-0.2, 0) is 9.59 Å². The van der Waals surface area contributed by atoms with E-state index in [1.807, 2.05) is 17.0 Å². The fourth-order valence-electron chi connectivity index (χ4n) is 3.69. The lowest BCUT2D eigenvalue weighted by atomic mass is 9.86. The predicted molar refractivity (Wildman–Crippen MR) is 87.9 cm³/mol. The summed E-state index contributed by atoms with van der Waals surface area (Å²) in [4.78, 5) is 27.1. The van der Waals surface area contributed by atoms with Gasteiger partial charge in [0.15, 0.2) is 0 Å². The van der Waals surface area contributed by atoms with Crippen molar-refractivity contribution in [1.29, 1.82) is 0 Å². The summed E-state index contributed by atoms with van der Waals surface area (Å²) in [6.45, 7) is 3.35. The van der Waals surface area contributed by atoms with Crippen LogP contribution in [0.1, 0.15) is 42.7 Å². The van der Waals surface area contributed by atoms with Crippen molar-refractivity contribution >= 4 is 11.8 Å². The van der Waals surface area contributed by atoms with E-state index in [0.29, 0.717) is 19.1 Å². The van der Waals surface area contributed by atoms with Crippen LogP contribution in [0.3, 0.4) is 0 Å². The molecule has 23 heavy (non-hydrogen) atoms. The van der Waals surface area contributed by atoms with Crippen LogP contribution in [0, 0.1) is 18.8 Å². The normalized spacial score (nSPS) is 27.1. The largest absolute Gasteiger partial charge is 0.353 e. The monoisotopic (exact) mass is 312 g/mol. The number of hydrogen-bond donors (Lipinski definition) is 1. The van der Waals surface area contributed by atoms with E-state index in [9.17, 15) is 9.59 Å². The molecule has 122 valence electrons. The van der Waals surface area contributed by atoms with Crippen LogP contribution < -0.4 is 5.32 Å². The van der Waals surface area contributed by atoms with Crippen molar-refractivity contribution in [3.05, 3.63) is 35.4 Å². The average molecular weight is 312 g/mol. The summed E-state index contributed by atoms with van der Waals surface area (Å²) in [5.41, 5.74) is 2.43. The molecule has 1 N–H and O–H groups in total. The Hall–Kier alpha value is -1.84. The molecule has 0 aromatic heterocycles. The van der Waals surface area contributed by atoms with Crippen molar-refractivity contribution in [2.24, 2.45) is 11.8 Å². The second-order valence-electron chi connectivity index (χ2n) is 7.37. The Labute approximate surface area is 137 Å². The molecule has 4 heteroatoms. The van der Waals surface area contributed by atoms with Gasteiger partial charge in [0.05, 0.1) is 5.92 Å². The third kappa shape index (κ3) is 2.99. The van der Waals surface area contributed by atoms with E-state index in [4.69, 9.17) is 0 Å².